The molecule has 18 heavy (non-hydrogen) atoms. The Labute approximate surface area is 102 Å². The van der Waals surface area contributed by atoms with Crippen LogP contribution in [-0.2, 0) is 9.59 Å². The van der Waals surface area contributed by atoms with Crippen molar-refractivity contribution >= 4 is 11.9 Å². The van der Waals surface area contributed by atoms with Crippen LogP contribution in [0.25, 0.3) is 0 Å². The van der Waals surface area contributed by atoms with Gasteiger partial charge in [0, 0.05) is 0 Å². The number of halogens is 3. The van der Waals surface area contributed by atoms with Gasteiger partial charge >= 0.3 is 18.1 Å². The summed E-state index contributed by atoms with van der Waals surface area (Å²) in [4.78, 5) is 21.5. The summed E-state index contributed by atoms with van der Waals surface area (Å²) < 4.78 is 36.1. The van der Waals surface area contributed by atoms with Gasteiger partial charge < -0.3 is 15.7 Å². The summed E-state index contributed by atoms with van der Waals surface area (Å²) in [6, 6.07) is -1.48. The monoisotopic (exact) mass is 268 g/mol. The number of carboxylic acids is 1. The smallest absolute Gasteiger partial charge is 0.471 e. The second-order valence-electron chi connectivity index (χ2n) is 4.29. The summed E-state index contributed by atoms with van der Waals surface area (Å²) >= 11 is 0. The molecule has 0 radical (unpaired) electrons. The minimum Gasteiger partial charge on any atom is -0.480 e. The number of alkyl halides is 3. The molecule has 0 saturated carbocycles. The van der Waals surface area contributed by atoms with E-state index in [1.165, 1.54) is 5.32 Å². The molecular weight excluding hydrogens is 253 g/mol. The topological polar surface area (TPSA) is 78.4 Å². The lowest BCUT2D eigenvalue weighted by atomic mass is 9.91. The standard InChI is InChI=1S/C10H15F3N2O3/c11-10(12,13)9(18)15-7(8(16)17)5-6-1-3-14-4-2-6/h6-7,14H,1-5H2,(H,15,18)(H,16,17). The van der Waals surface area contributed by atoms with Crippen LogP contribution in [0.15, 0.2) is 0 Å². The average molecular weight is 268 g/mol. The molecule has 8 heteroatoms. The van der Waals surface area contributed by atoms with E-state index in [1.54, 1.807) is 0 Å². The Morgan fingerprint density at radius 1 is 1.33 bits per heavy atom. The van der Waals surface area contributed by atoms with Crippen molar-refractivity contribution in [2.75, 3.05) is 13.1 Å². The lowest BCUT2D eigenvalue weighted by Gasteiger charge is -2.25. The molecule has 3 N–H and O–H groups in total. The first kappa shape index (κ1) is 14.7. The summed E-state index contributed by atoms with van der Waals surface area (Å²) in [6.07, 6.45) is -3.63. The molecule has 1 aliphatic rings. The molecule has 1 heterocycles. The highest BCUT2D eigenvalue weighted by molar-refractivity contribution is 5.86. The molecule has 0 aromatic heterocycles. The number of piperidine rings is 1. The largest absolute Gasteiger partial charge is 0.480 e. The fourth-order valence-corrected chi connectivity index (χ4v) is 1.91. The Kier molecular flexibility index (Phi) is 4.94. The number of carboxylic acid groups (broad SMARTS) is 1. The van der Waals surface area contributed by atoms with Gasteiger partial charge in [-0.25, -0.2) is 4.79 Å². The number of nitrogens with one attached hydrogen (secondary N) is 2. The van der Waals surface area contributed by atoms with Crippen molar-refractivity contribution in [1.29, 1.82) is 0 Å². The van der Waals surface area contributed by atoms with Crippen molar-refractivity contribution in [2.45, 2.75) is 31.5 Å². The van der Waals surface area contributed by atoms with Crippen LogP contribution in [0.3, 0.4) is 0 Å². The van der Waals surface area contributed by atoms with Gasteiger partial charge in [0.1, 0.15) is 6.04 Å². The molecule has 1 atom stereocenters. The molecule has 0 spiro atoms. The highest BCUT2D eigenvalue weighted by Crippen LogP contribution is 2.20. The van der Waals surface area contributed by atoms with Crippen LogP contribution in [0.1, 0.15) is 19.3 Å². The summed E-state index contributed by atoms with van der Waals surface area (Å²) in [6.45, 7) is 1.43. The number of amides is 1. The van der Waals surface area contributed by atoms with Gasteiger partial charge in [-0.2, -0.15) is 13.2 Å². The van der Waals surface area contributed by atoms with E-state index in [1.807, 2.05) is 0 Å². The van der Waals surface area contributed by atoms with Gasteiger partial charge in [0.05, 0.1) is 0 Å². The number of rotatable bonds is 4. The second-order valence-corrected chi connectivity index (χ2v) is 4.29. The normalized spacial score (nSPS) is 19.3. The van der Waals surface area contributed by atoms with Crippen LogP contribution in [0.4, 0.5) is 13.2 Å². The summed E-state index contributed by atoms with van der Waals surface area (Å²) in [5, 5.41) is 13.4. The van der Waals surface area contributed by atoms with Crippen molar-refractivity contribution in [2.24, 2.45) is 5.92 Å². The predicted molar refractivity (Wildman–Crippen MR) is 55.8 cm³/mol. The van der Waals surface area contributed by atoms with Crippen molar-refractivity contribution in [1.82, 2.24) is 10.6 Å². The maximum absolute atomic E-state index is 12.0. The third-order valence-electron chi connectivity index (χ3n) is 2.89. The highest BCUT2D eigenvalue weighted by atomic mass is 19.4. The number of hydrogen-bond donors (Lipinski definition) is 3. The first-order valence-corrected chi connectivity index (χ1v) is 5.62. The molecule has 5 nitrogen and oxygen atoms in total. The summed E-state index contributed by atoms with van der Waals surface area (Å²) in [5.41, 5.74) is 0. The first-order valence-electron chi connectivity index (χ1n) is 5.62. The van der Waals surface area contributed by atoms with Crippen molar-refractivity contribution in [3.05, 3.63) is 0 Å². The van der Waals surface area contributed by atoms with Crippen LogP contribution in [0.2, 0.25) is 0 Å². The minimum atomic E-state index is -5.05. The van der Waals surface area contributed by atoms with E-state index in [0.717, 1.165) is 0 Å². The molecule has 1 rings (SSSR count). The van der Waals surface area contributed by atoms with Gasteiger partial charge in [0.2, 0.25) is 0 Å². The molecule has 0 aliphatic carbocycles. The third kappa shape index (κ3) is 4.52. The number of aliphatic carboxylic acids is 1. The van der Waals surface area contributed by atoms with E-state index < -0.39 is 24.1 Å². The molecular formula is C10H15F3N2O3. The van der Waals surface area contributed by atoms with Crippen LogP contribution in [-0.4, -0.2) is 42.3 Å². The molecule has 0 aromatic carbocycles. The lowest BCUT2D eigenvalue weighted by molar-refractivity contribution is -0.175. The molecule has 1 saturated heterocycles. The van der Waals surface area contributed by atoms with Crippen LogP contribution in [0.5, 0.6) is 0 Å². The van der Waals surface area contributed by atoms with Crippen LogP contribution < -0.4 is 10.6 Å². The fraction of sp³-hybridized carbons (Fsp3) is 0.800. The fourth-order valence-electron chi connectivity index (χ4n) is 1.91. The SMILES string of the molecule is O=C(O)C(CC1CCNCC1)NC(=O)C(F)(F)F. The van der Waals surface area contributed by atoms with E-state index in [0.29, 0.717) is 25.9 Å². The van der Waals surface area contributed by atoms with Crippen LogP contribution in [0, 0.1) is 5.92 Å². The Hall–Kier alpha value is -1.31. The van der Waals surface area contributed by atoms with Gasteiger partial charge in [0.25, 0.3) is 0 Å². The van der Waals surface area contributed by atoms with Crippen molar-refractivity contribution in [3.63, 3.8) is 0 Å². The van der Waals surface area contributed by atoms with Crippen molar-refractivity contribution < 1.29 is 27.9 Å². The van der Waals surface area contributed by atoms with E-state index in [-0.39, 0.29) is 12.3 Å². The number of carbonyl (C=O) groups is 2. The first-order chi connectivity index (χ1) is 8.30. The quantitative estimate of drug-likeness (QED) is 0.694. The third-order valence-corrected chi connectivity index (χ3v) is 2.89. The zero-order valence-corrected chi connectivity index (χ0v) is 9.59. The molecule has 0 aromatic rings. The van der Waals surface area contributed by atoms with Gasteiger partial charge in [-0.05, 0) is 38.3 Å². The van der Waals surface area contributed by atoms with Gasteiger partial charge in [-0.1, -0.05) is 0 Å². The van der Waals surface area contributed by atoms with Crippen LogP contribution >= 0.6 is 0 Å². The Morgan fingerprint density at radius 3 is 2.33 bits per heavy atom. The Morgan fingerprint density at radius 2 is 1.89 bits per heavy atom. The Bertz CT molecular complexity index is 314. The minimum absolute atomic E-state index is 0.0147. The number of hydrogen-bond acceptors (Lipinski definition) is 3. The molecule has 1 aliphatic heterocycles. The van der Waals surface area contributed by atoms with Gasteiger partial charge in [-0.3, -0.25) is 4.79 Å². The summed E-state index contributed by atoms with van der Waals surface area (Å²) in [5.74, 6) is -3.63. The molecule has 1 fully saturated rings. The zero-order valence-electron chi connectivity index (χ0n) is 9.59. The van der Waals surface area contributed by atoms with E-state index >= 15 is 0 Å². The molecule has 1 amide bonds. The molecule has 0 bridgehead atoms. The lowest BCUT2D eigenvalue weighted by Crippen LogP contribution is -2.48. The number of carbonyl (C=O) groups excluding carboxylic acids is 1. The summed E-state index contributed by atoms with van der Waals surface area (Å²) in [7, 11) is 0. The maximum atomic E-state index is 12.0. The molecule has 1 unspecified atom stereocenters. The second kappa shape index (κ2) is 6.03. The highest BCUT2D eigenvalue weighted by Gasteiger charge is 2.41. The van der Waals surface area contributed by atoms with E-state index in [2.05, 4.69) is 5.32 Å². The van der Waals surface area contributed by atoms with E-state index in [9.17, 15) is 22.8 Å². The van der Waals surface area contributed by atoms with Crippen molar-refractivity contribution in [3.8, 4) is 0 Å². The maximum Gasteiger partial charge on any atom is 0.471 e. The average Bonchev–Trinajstić information content (AvgIpc) is 2.28. The zero-order chi connectivity index (χ0) is 13.8. The predicted octanol–water partition coefficient (Wildman–Crippen LogP) is 0.508. The Balaban J connectivity index is 2.54. The van der Waals surface area contributed by atoms with Gasteiger partial charge in [0.15, 0.2) is 0 Å². The van der Waals surface area contributed by atoms with E-state index in [4.69, 9.17) is 5.11 Å². The molecule has 104 valence electrons. The van der Waals surface area contributed by atoms with Gasteiger partial charge in [-0.15, -0.1) is 0 Å².